The molecule has 0 spiro atoms. The van der Waals surface area contributed by atoms with Crippen molar-refractivity contribution >= 4 is 22.4 Å². The lowest BCUT2D eigenvalue weighted by Gasteiger charge is -2.05. The molecule has 0 aliphatic heterocycles. The summed E-state index contributed by atoms with van der Waals surface area (Å²) in [7, 11) is 0. The first-order valence-electron chi connectivity index (χ1n) is 7.71. The SMILES string of the molecule is OCc1c(-c2ccc3ccccc3c2)noc1-c1ccc(F)cc1Cl. The number of aromatic nitrogens is 1. The molecule has 1 N–H and O–H groups in total. The van der Waals surface area contributed by atoms with Gasteiger partial charge in [-0.3, -0.25) is 0 Å². The number of aliphatic hydroxyl groups excluding tert-OH is 1. The van der Waals surface area contributed by atoms with Crippen LogP contribution in [-0.2, 0) is 6.61 Å². The molecule has 0 saturated heterocycles. The van der Waals surface area contributed by atoms with Crippen LogP contribution in [-0.4, -0.2) is 10.3 Å². The van der Waals surface area contributed by atoms with E-state index in [0.717, 1.165) is 16.3 Å². The van der Waals surface area contributed by atoms with E-state index in [1.807, 2.05) is 42.5 Å². The Morgan fingerprint density at radius 1 is 1.00 bits per heavy atom. The second-order valence-corrected chi connectivity index (χ2v) is 6.09. The van der Waals surface area contributed by atoms with Crippen molar-refractivity contribution in [1.82, 2.24) is 5.16 Å². The smallest absolute Gasteiger partial charge is 0.174 e. The molecule has 124 valence electrons. The fraction of sp³-hybridized carbons (Fsp3) is 0.0500. The summed E-state index contributed by atoms with van der Waals surface area (Å²) in [4.78, 5) is 0. The number of hydrogen-bond acceptors (Lipinski definition) is 3. The molecular weight excluding hydrogens is 341 g/mol. The average molecular weight is 354 g/mol. The van der Waals surface area contributed by atoms with Crippen molar-refractivity contribution in [2.24, 2.45) is 0 Å². The van der Waals surface area contributed by atoms with E-state index in [2.05, 4.69) is 5.16 Å². The van der Waals surface area contributed by atoms with Gasteiger partial charge in [-0.05, 0) is 35.0 Å². The van der Waals surface area contributed by atoms with E-state index in [-0.39, 0.29) is 11.6 Å². The minimum atomic E-state index is -0.437. The summed E-state index contributed by atoms with van der Waals surface area (Å²) in [6.07, 6.45) is 0. The van der Waals surface area contributed by atoms with Crippen LogP contribution in [0.2, 0.25) is 5.02 Å². The molecule has 0 atom stereocenters. The third-order valence-electron chi connectivity index (χ3n) is 4.14. The molecule has 3 nitrogen and oxygen atoms in total. The van der Waals surface area contributed by atoms with E-state index >= 15 is 0 Å². The van der Waals surface area contributed by atoms with Crippen LogP contribution in [0.4, 0.5) is 4.39 Å². The van der Waals surface area contributed by atoms with E-state index < -0.39 is 5.82 Å². The van der Waals surface area contributed by atoms with Crippen LogP contribution in [0, 0.1) is 5.82 Å². The van der Waals surface area contributed by atoms with Crippen LogP contribution in [0.3, 0.4) is 0 Å². The number of benzene rings is 3. The molecule has 4 rings (SSSR count). The summed E-state index contributed by atoms with van der Waals surface area (Å²) in [5.74, 6) is -0.0933. The molecule has 5 heteroatoms. The minimum absolute atomic E-state index is 0.205. The van der Waals surface area contributed by atoms with Crippen molar-refractivity contribution in [1.29, 1.82) is 0 Å². The van der Waals surface area contributed by atoms with Gasteiger partial charge in [0.25, 0.3) is 0 Å². The zero-order valence-corrected chi connectivity index (χ0v) is 13.8. The van der Waals surface area contributed by atoms with Gasteiger partial charge in [0, 0.05) is 11.1 Å². The Labute approximate surface area is 148 Å². The predicted molar refractivity (Wildman–Crippen MR) is 95.8 cm³/mol. The van der Waals surface area contributed by atoms with E-state index in [4.69, 9.17) is 16.1 Å². The van der Waals surface area contributed by atoms with Gasteiger partial charge in [-0.1, -0.05) is 53.2 Å². The van der Waals surface area contributed by atoms with Gasteiger partial charge in [-0.15, -0.1) is 0 Å². The van der Waals surface area contributed by atoms with Crippen LogP contribution in [0.5, 0.6) is 0 Å². The fourth-order valence-corrected chi connectivity index (χ4v) is 3.16. The first kappa shape index (κ1) is 15.8. The molecule has 0 amide bonds. The normalized spacial score (nSPS) is 11.2. The van der Waals surface area contributed by atoms with Gasteiger partial charge in [-0.25, -0.2) is 4.39 Å². The number of hydrogen-bond donors (Lipinski definition) is 1. The second kappa shape index (κ2) is 6.31. The van der Waals surface area contributed by atoms with Crippen molar-refractivity contribution in [3.05, 3.63) is 77.1 Å². The van der Waals surface area contributed by atoms with Crippen LogP contribution in [0.15, 0.2) is 65.2 Å². The highest BCUT2D eigenvalue weighted by Crippen LogP contribution is 2.36. The highest BCUT2D eigenvalue weighted by Gasteiger charge is 2.20. The molecule has 0 saturated carbocycles. The molecule has 0 radical (unpaired) electrons. The summed E-state index contributed by atoms with van der Waals surface area (Å²) >= 11 is 6.12. The van der Waals surface area contributed by atoms with Crippen molar-refractivity contribution in [2.75, 3.05) is 0 Å². The van der Waals surface area contributed by atoms with Gasteiger partial charge in [0.05, 0.1) is 17.2 Å². The van der Waals surface area contributed by atoms with Crippen LogP contribution in [0.1, 0.15) is 5.56 Å². The first-order valence-corrected chi connectivity index (χ1v) is 8.09. The summed E-state index contributed by atoms with van der Waals surface area (Å²) < 4.78 is 18.7. The van der Waals surface area contributed by atoms with Crippen LogP contribution in [0.25, 0.3) is 33.4 Å². The summed E-state index contributed by atoms with van der Waals surface area (Å²) in [6.45, 7) is -0.269. The molecule has 0 unspecified atom stereocenters. The molecular formula is C20H13ClFNO2. The Bertz CT molecular complexity index is 1070. The third-order valence-corrected chi connectivity index (χ3v) is 4.46. The average Bonchev–Trinajstić information content (AvgIpc) is 3.05. The molecule has 25 heavy (non-hydrogen) atoms. The maximum atomic E-state index is 13.3. The number of rotatable bonds is 3. The monoisotopic (exact) mass is 353 g/mol. The Kier molecular flexibility index (Phi) is 3.99. The highest BCUT2D eigenvalue weighted by atomic mass is 35.5. The molecule has 1 heterocycles. The van der Waals surface area contributed by atoms with Gasteiger partial charge in [-0.2, -0.15) is 0 Å². The zero-order valence-electron chi connectivity index (χ0n) is 13.0. The zero-order chi connectivity index (χ0) is 17.4. The predicted octanol–water partition coefficient (Wildman–Crippen LogP) is 5.45. The maximum Gasteiger partial charge on any atom is 0.174 e. The van der Waals surface area contributed by atoms with E-state index in [0.29, 0.717) is 22.6 Å². The first-order chi connectivity index (χ1) is 12.2. The highest BCUT2D eigenvalue weighted by molar-refractivity contribution is 6.33. The standard InChI is InChI=1S/C20H13ClFNO2/c21-18-10-15(22)7-8-16(18)20-17(11-24)19(23-25-20)14-6-5-12-3-1-2-4-13(12)9-14/h1-10,24H,11H2. The van der Waals surface area contributed by atoms with Crippen molar-refractivity contribution in [3.63, 3.8) is 0 Å². The Hall–Kier alpha value is -2.69. The van der Waals surface area contributed by atoms with Gasteiger partial charge >= 0.3 is 0 Å². The minimum Gasteiger partial charge on any atom is -0.391 e. The topological polar surface area (TPSA) is 46.3 Å². The lowest BCUT2D eigenvalue weighted by atomic mass is 10.0. The van der Waals surface area contributed by atoms with E-state index in [9.17, 15) is 9.50 Å². The quantitative estimate of drug-likeness (QED) is 0.533. The summed E-state index contributed by atoms with van der Waals surface area (Å²) in [6, 6.07) is 17.9. The third kappa shape index (κ3) is 2.80. The molecule has 1 aromatic heterocycles. The molecule has 0 bridgehead atoms. The number of aliphatic hydroxyl groups is 1. The Morgan fingerprint density at radius 3 is 2.56 bits per heavy atom. The largest absolute Gasteiger partial charge is 0.391 e. The summed E-state index contributed by atoms with van der Waals surface area (Å²) in [5, 5.41) is 16.3. The summed E-state index contributed by atoms with van der Waals surface area (Å²) in [5.41, 5.74) is 2.38. The van der Waals surface area contributed by atoms with Gasteiger partial charge in [0.2, 0.25) is 0 Å². The van der Waals surface area contributed by atoms with Gasteiger partial charge in [0.15, 0.2) is 5.76 Å². The molecule has 0 fully saturated rings. The van der Waals surface area contributed by atoms with E-state index in [1.54, 1.807) is 0 Å². The molecule has 3 aromatic carbocycles. The fourth-order valence-electron chi connectivity index (χ4n) is 2.90. The maximum absolute atomic E-state index is 13.3. The van der Waals surface area contributed by atoms with E-state index in [1.165, 1.54) is 18.2 Å². The Morgan fingerprint density at radius 2 is 1.80 bits per heavy atom. The van der Waals surface area contributed by atoms with Crippen LogP contribution < -0.4 is 0 Å². The lowest BCUT2D eigenvalue weighted by molar-refractivity contribution is 0.281. The number of nitrogens with zero attached hydrogens (tertiary/aromatic N) is 1. The molecule has 0 aliphatic rings. The van der Waals surface area contributed by atoms with Gasteiger partial charge in [0.1, 0.15) is 11.5 Å². The van der Waals surface area contributed by atoms with Crippen molar-refractivity contribution in [2.45, 2.75) is 6.61 Å². The van der Waals surface area contributed by atoms with Crippen molar-refractivity contribution in [3.8, 4) is 22.6 Å². The van der Waals surface area contributed by atoms with Crippen LogP contribution >= 0.6 is 11.6 Å². The number of fused-ring (bicyclic) bond motifs is 1. The van der Waals surface area contributed by atoms with Gasteiger partial charge < -0.3 is 9.63 Å². The van der Waals surface area contributed by atoms with Crippen molar-refractivity contribution < 1.29 is 14.0 Å². The number of halogens is 2. The molecule has 0 aliphatic carbocycles. The Balaban J connectivity index is 1.87. The second-order valence-electron chi connectivity index (χ2n) is 5.68. The lowest BCUT2D eigenvalue weighted by Crippen LogP contribution is -1.90. The molecule has 4 aromatic rings.